The molecule has 1 aromatic carbocycles. The van der Waals surface area contributed by atoms with E-state index in [-0.39, 0.29) is 23.7 Å². The van der Waals surface area contributed by atoms with Crippen molar-refractivity contribution in [2.24, 2.45) is 5.92 Å². The van der Waals surface area contributed by atoms with E-state index >= 15 is 0 Å². The molecule has 2 aliphatic rings. The van der Waals surface area contributed by atoms with Crippen LogP contribution in [0.25, 0.3) is 11.4 Å². The summed E-state index contributed by atoms with van der Waals surface area (Å²) < 4.78 is 19.1. The number of urea groups is 1. The fourth-order valence-corrected chi connectivity index (χ4v) is 5.25. The van der Waals surface area contributed by atoms with Crippen molar-refractivity contribution in [2.75, 3.05) is 11.9 Å². The molecule has 1 aliphatic heterocycles. The van der Waals surface area contributed by atoms with Crippen LogP contribution in [0, 0.1) is 18.7 Å². The van der Waals surface area contributed by atoms with Crippen molar-refractivity contribution in [3.05, 3.63) is 42.0 Å². The van der Waals surface area contributed by atoms with Gasteiger partial charge in [-0.25, -0.2) is 19.2 Å². The first-order valence-electron chi connectivity index (χ1n) is 10.6. The SMILES string of the molecule is CCOC(C)[C@@]12C[C@@H](C)C[C@@H](C1)N2C(=O)Nc1ccc(C)c(-c2ncc(F)cn2)c1. The molecule has 1 aliphatic carbocycles. The van der Waals surface area contributed by atoms with Gasteiger partial charge in [-0.05, 0) is 63.6 Å². The van der Waals surface area contributed by atoms with Gasteiger partial charge in [0.2, 0.25) is 0 Å². The van der Waals surface area contributed by atoms with Crippen LogP contribution in [-0.2, 0) is 4.74 Å². The predicted molar refractivity (Wildman–Crippen MR) is 114 cm³/mol. The Balaban J connectivity index is 1.56. The second-order valence-electron chi connectivity index (χ2n) is 8.66. The van der Waals surface area contributed by atoms with Gasteiger partial charge in [-0.1, -0.05) is 13.0 Å². The maximum atomic E-state index is 13.3. The van der Waals surface area contributed by atoms with Crippen LogP contribution in [-0.4, -0.2) is 45.2 Å². The number of halogens is 1. The van der Waals surface area contributed by atoms with E-state index in [0.717, 1.165) is 42.8 Å². The van der Waals surface area contributed by atoms with Crippen LogP contribution in [0.4, 0.5) is 14.9 Å². The second-order valence-corrected chi connectivity index (χ2v) is 8.66. The Morgan fingerprint density at radius 1 is 1.37 bits per heavy atom. The van der Waals surface area contributed by atoms with Gasteiger partial charge >= 0.3 is 6.03 Å². The molecule has 2 amide bonds. The van der Waals surface area contributed by atoms with E-state index in [1.165, 1.54) is 0 Å². The van der Waals surface area contributed by atoms with Crippen molar-refractivity contribution in [3.8, 4) is 11.4 Å². The molecule has 0 spiro atoms. The van der Waals surface area contributed by atoms with Gasteiger partial charge in [0.15, 0.2) is 11.6 Å². The highest BCUT2D eigenvalue weighted by molar-refractivity contribution is 5.92. The van der Waals surface area contributed by atoms with Crippen molar-refractivity contribution < 1.29 is 13.9 Å². The molecular weight excluding hydrogens is 383 g/mol. The van der Waals surface area contributed by atoms with E-state index in [9.17, 15) is 9.18 Å². The molecule has 4 atom stereocenters. The number of amides is 2. The lowest BCUT2D eigenvalue weighted by Gasteiger charge is -2.65. The van der Waals surface area contributed by atoms with Crippen LogP contribution in [0.1, 0.15) is 45.6 Å². The number of hydrogen-bond acceptors (Lipinski definition) is 4. The number of aryl methyl sites for hydroxylation is 1. The number of fused-ring (bicyclic) bond motifs is 2. The van der Waals surface area contributed by atoms with Crippen molar-refractivity contribution >= 4 is 11.7 Å². The van der Waals surface area contributed by atoms with E-state index in [0.29, 0.717) is 24.0 Å². The summed E-state index contributed by atoms with van der Waals surface area (Å²) in [4.78, 5) is 23.4. The summed E-state index contributed by atoms with van der Waals surface area (Å²) in [7, 11) is 0. The summed E-state index contributed by atoms with van der Waals surface area (Å²) >= 11 is 0. The topological polar surface area (TPSA) is 67.3 Å². The molecule has 1 unspecified atom stereocenters. The number of hydrogen-bond donors (Lipinski definition) is 1. The summed E-state index contributed by atoms with van der Waals surface area (Å²) in [6, 6.07) is 5.78. The van der Waals surface area contributed by atoms with Crippen molar-refractivity contribution in [2.45, 2.75) is 64.6 Å². The molecule has 30 heavy (non-hydrogen) atoms. The highest BCUT2D eigenvalue weighted by atomic mass is 19.1. The maximum absolute atomic E-state index is 13.3. The van der Waals surface area contributed by atoms with Gasteiger partial charge in [0.1, 0.15) is 0 Å². The summed E-state index contributed by atoms with van der Waals surface area (Å²) in [6.45, 7) is 8.90. The third-order valence-corrected chi connectivity index (χ3v) is 6.55. The highest BCUT2D eigenvalue weighted by Gasteiger charge is 2.61. The smallest absolute Gasteiger partial charge is 0.322 e. The normalized spacial score (nSPS) is 26.1. The van der Waals surface area contributed by atoms with Crippen molar-refractivity contribution in [1.82, 2.24) is 14.9 Å². The number of nitrogens with one attached hydrogen (secondary N) is 1. The Bertz CT molecular complexity index is 935. The number of carbonyl (C=O) groups is 1. The number of benzene rings is 1. The maximum Gasteiger partial charge on any atom is 0.322 e. The Hall–Kier alpha value is -2.54. The molecule has 1 N–H and O–H groups in total. The summed E-state index contributed by atoms with van der Waals surface area (Å²) in [6.07, 6.45) is 5.27. The molecule has 1 saturated heterocycles. The van der Waals surface area contributed by atoms with E-state index in [1.54, 1.807) is 0 Å². The molecule has 2 heterocycles. The largest absolute Gasteiger partial charge is 0.376 e. The quantitative estimate of drug-likeness (QED) is 0.767. The number of aromatic nitrogens is 2. The van der Waals surface area contributed by atoms with Crippen LogP contribution >= 0.6 is 0 Å². The Labute approximate surface area is 176 Å². The van der Waals surface area contributed by atoms with E-state index in [1.807, 2.05) is 36.9 Å². The van der Waals surface area contributed by atoms with Crippen LogP contribution in [0.5, 0.6) is 0 Å². The second kappa shape index (κ2) is 7.95. The minimum absolute atomic E-state index is 0.00607. The number of ether oxygens (including phenoxy) is 1. The van der Waals surface area contributed by atoms with Gasteiger partial charge in [-0.2, -0.15) is 0 Å². The number of likely N-dealkylation sites (tertiary alicyclic amines) is 1. The van der Waals surface area contributed by atoms with Crippen molar-refractivity contribution in [3.63, 3.8) is 0 Å². The van der Waals surface area contributed by atoms with Crippen LogP contribution < -0.4 is 5.32 Å². The van der Waals surface area contributed by atoms with E-state index in [2.05, 4.69) is 29.1 Å². The summed E-state index contributed by atoms with van der Waals surface area (Å²) in [5, 5.41) is 3.06. The number of carbonyl (C=O) groups excluding carboxylic acids is 1. The van der Waals surface area contributed by atoms with Gasteiger partial charge in [-0.15, -0.1) is 0 Å². The first-order valence-corrected chi connectivity index (χ1v) is 10.6. The van der Waals surface area contributed by atoms with Crippen LogP contribution in [0.15, 0.2) is 30.6 Å². The van der Waals surface area contributed by atoms with Gasteiger partial charge < -0.3 is 15.0 Å². The molecule has 0 radical (unpaired) electrons. The fourth-order valence-electron chi connectivity index (χ4n) is 5.25. The lowest BCUT2D eigenvalue weighted by atomic mass is 9.62. The molecule has 1 aromatic heterocycles. The van der Waals surface area contributed by atoms with Gasteiger partial charge in [0, 0.05) is 23.9 Å². The molecule has 2 bridgehead atoms. The molecule has 160 valence electrons. The third-order valence-electron chi connectivity index (χ3n) is 6.55. The predicted octanol–water partition coefficient (Wildman–Crippen LogP) is 4.79. The molecule has 2 fully saturated rings. The highest BCUT2D eigenvalue weighted by Crippen LogP contribution is 2.52. The van der Waals surface area contributed by atoms with Crippen LogP contribution in [0.3, 0.4) is 0 Å². The lowest BCUT2D eigenvalue weighted by molar-refractivity contribution is -0.162. The summed E-state index contributed by atoms with van der Waals surface area (Å²) in [5.74, 6) is 0.534. The Morgan fingerprint density at radius 2 is 2.10 bits per heavy atom. The Morgan fingerprint density at radius 3 is 2.80 bits per heavy atom. The molecular formula is C23H29FN4O2. The molecule has 2 aromatic rings. The minimum atomic E-state index is -0.479. The van der Waals surface area contributed by atoms with Gasteiger partial charge in [0.05, 0.1) is 24.0 Å². The fraction of sp³-hybridized carbons (Fsp3) is 0.522. The molecule has 4 rings (SSSR count). The monoisotopic (exact) mass is 412 g/mol. The first kappa shape index (κ1) is 20.7. The zero-order chi connectivity index (χ0) is 21.5. The number of piperidine rings is 1. The number of nitrogens with zero attached hydrogens (tertiary/aromatic N) is 3. The lowest BCUT2D eigenvalue weighted by Crippen LogP contribution is -2.76. The van der Waals surface area contributed by atoms with Gasteiger partial charge in [0.25, 0.3) is 0 Å². The van der Waals surface area contributed by atoms with E-state index < -0.39 is 5.82 Å². The number of rotatable bonds is 5. The molecule has 7 heteroatoms. The number of anilines is 1. The standard InChI is InChI=1S/C23H29FN4O2/c1-5-30-16(4)23-10-14(2)8-19(11-23)28(23)22(29)27-18-7-6-15(3)20(9-18)21-25-12-17(24)13-26-21/h6-7,9,12-14,16,19H,5,8,10-11H2,1-4H3,(H,27,29)/t14-,16?,19-,23+/m0/s1. The molecule has 1 saturated carbocycles. The minimum Gasteiger partial charge on any atom is -0.376 e. The summed E-state index contributed by atoms with van der Waals surface area (Å²) in [5.41, 5.74) is 2.15. The van der Waals surface area contributed by atoms with Gasteiger partial charge in [-0.3, -0.25) is 0 Å². The zero-order valence-electron chi connectivity index (χ0n) is 18.0. The zero-order valence-corrected chi connectivity index (χ0v) is 18.0. The third kappa shape index (κ3) is 3.55. The van der Waals surface area contributed by atoms with E-state index in [4.69, 9.17) is 4.74 Å². The average Bonchev–Trinajstić information content (AvgIpc) is 2.69. The van der Waals surface area contributed by atoms with Crippen LogP contribution in [0.2, 0.25) is 0 Å². The Kier molecular flexibility index (Phi) is 5.49. The first-order chi connectivity index (χ1) is 14.3. The van der Waals surface area contributed by atoms with Crippen molar-refractivity contribution in [1.29, 1.82) is 0 Å². The molecule has 6 nitrogen and oxygen atoms in total. The average molecular weight is 413 g/mol.